The fraction of sp³-hybridized carbons (Fsp3) is 0.750. The van der Waals surface area contributed by atoms with Gasteiger partial charge in [-0.3, -0.25) is 9.59 Å². The topological polar surface area (TPSA) is 37.4 Å². The maximum Gasteiger partial charge on any atom is 0.246 e. The van der Waals surface area contributed by atoms with Crippen molar-refractivity contribution < 1.29 is 9.59 Å². The van der Waals surface area contributed by atoms with Crippen LogP contribution in [0.15, 0.2) is 11.6 Å². The van der Waals surface area contributed by atoms with Crippen molar-refractivity contribution in [1.82, 2.24) is 4.90 Å². The summed E-state index contributed by atoms with van der Waals surface area (Å²) in [7, 11) is 0. The highest BCUT2D eigenvalue weighted by Crippen LogP contribution is 2.65. The molecular formula is C16H25NO2. The second-order valence-electron chi connectivity index (χ2n) is 6.58. The first-order valence-electron chi connectivity index (χ1n) is 7.35. The van der Waals surface area contributed by atoms with Crippen LogP contribution < -0.4 is 0 Å². The van der Waals surface area contributed by atoms with Crippen LogP contribution in [0.2, 0.25) is 0 Å². The number of likely N-dealkylation sites (N-methyl/N-ethyl adjacent to an activating group) is 1. The number of hydrogen-bond donors (Lipinski definition) is 0. The van der Waals surface area contributed by atoms with Crippen molar-refractivity contribution in [3.8, 4) is 0 Å². The van der Waals surface area contributed by atoms with Gasteiger partial charge >= 0.3 is 0 Å². The van der Waals surface area contributed by atoms with E-state index in [1.807, 2.05) is 13.8 Å². The Balaban J connectivity index is 2.33. The van der Waals surface area contributed by atoms with E-state index in [0.29, 0.717) is 13.1 Å². The predicted molar refractivity (Wildman–Crippen MR) is 75.6 cm³/mol. The average molecular weight is 263 g/mol. The van der Waals surface area contributed by atoms with Crippen molar-refractivity contribution in [3.05, 3.63) is 11.6 Å². The number of Topliss-reactive ketones (excluding diaryl/α,β-unsaturated/α-hetero) is 1. The molecule has 0 aromatic carbocycles. The fourth-order valence-corrected chi connectivity index (χ4v) is 3.85. The monoisotopic (exact) mass is 263 g/mol. The summed E-state index contributed by atoms with van der Waals surface area (Å²) in [4.78, 5) is 26.6. The van der Waals surface area contributed by atoms with Crippen LogP contribution in [0.5, 0.6) is 0 Å². The molecule has 2 rings (SSSR count). The molecule has 0 heterocycles. The number of ketones is 1. The molecule has 2 bridgehead atoms. The Hall–Kier alpha value is -1.12. The Labute approximate surface area is 116 Å². The van der Waals surface area contributed by atoms with Gasteiger partial charge in [0.05, 0.1) is 0 Å². The van der Waals surface area contributed by atoms with Crippen molar-refractivity contribution in [1.29, 1.82) is 0 Å². The van der Waals surface area contributed by atoms with Gasteiger partial charge in [-0.15, -0.1) is 0 Å². The van der Waals surface area contributed by atoms with Gasteiger partial charge in [0.15, 0.2) is 5.78 Å². The summed E-state index contributed by atoms with van der Waals surface area (Å²) in [5.41, 5.74) is 0.489. The van der Waals surface area contributed by atoms with Gasteiger partial charge in [0.25, 0.3) is 0 Å². The number of carbonyl (C=O) groups excluding carboxylic acids is 2. The minimum atomic E-state index is -0.271. The molecule has 2 fully saturated rings. The molecule has 0 N–H and O–H groups in total. The summed E-state index contributed by atoms with van der Waals surface area (Å²) in [6, 6.07) is 0. The van der Waals surface area contributed by atoms with Crippen LogP contribution in [0.4, 0.5) is 0 Å². The molecule has 2 saturated carbocycles. The Morgan fingerprint density at radius 1 is 1.32 bits per heavy atom. The average Bonchev–Trinajstić information content (AvgIpc) is 2.65. The minimum Gasteiger partial charge on any atom is -0.340 e. The van der Waals surface area contributed by atoms with Crippen LogP contribution in [0.1, 0.15) is 47.5 Å². The number of hydrogen-bond acceptors (Lipinski definition) is 2. The summed E-state index contributed by atoms with van der Waals surface area (Å²) in [5.74, 6) is 0.444. The standard InChI is InChI=1S/C16H25NO2/c1-6-17(7-2)13(18)10-11-12-8-9-16(5,14(11)19)15(12,3)4/h10,12H,6-9H2,1-5H3/b11-10+/t12-,16-/m0/s1. The molecule has 1 amide bonds. The maximum absolute atomic E-state index is 12.6. The molecule has 2 aliphatic carbocycles. The lowest BCUT2D eigenvalue weighted by Crippen LogP contribution is -2.33. The molecule has 2 aliphatic rings. The molecule has 0 spiro atoms. The van der Waals surface area contributed by atoms with Crippen LogP contribution >= 0.6 is 0 Å². The summed E-state index contributed by atoms with van der Waals surface area (Å²) in [5, 5.41) is 0. The van der Waals surface area contributed by atoms with Gasteiger partial charge in [-0.2, -0.15) is 0 Å². The van der Waals surface area contributed by atoms with E-state index in [1.54, 1.807) is 11.0 Å². The van der Waals surface area contributed by atoms with Crippen LogP contribution in [0, 0.1) is 16.7 Å². The van der Waals surface area contributed by atoms with E-state index >= 15 is 0 Å². The second kappa shape index (κ2) is 4.46. The normalized spacial score (nSPS) is 34.1. The third kappa shape index (κ3) is 1.78. The largest absolute Gasteiger partial charge is 0.340 e. The minimum absolute atomic E-state index is 0.0136. The van der Waals surface area contributed by atoms with Crippen molar-refractivity contribution >= 4 is 11.7 Å². The molecular weight excluding hydrogens is 238 g/mol. The number of carbonyl (C=O) groups is 2. The van der Waals surface area contributed by atoms with Crippen LogP contribution in [0.3, 0.4) is 0 Å². The third-order valence-corrected chi connectivity index (χ3v) is 5.72. The fourth-order valence-electron chi connectivity index (χ4n) is 3.85. The van der Waals surface area contributed by atoms with Crippen molar-refractivity contribution in [2.75, 3.05) is 13.1 Å². The molecule has 0 aliphatic heterocycles. The molecule has 0 radical (unpaired) electrons. The summed E-state index contributed by atoms with van der Waals surface area (Å²) < 4.78 is 0. The molecule has 0 aromatic heterocycles. The first kappa shape index (κ1) is 14.3. The quantitative estimate of drug-likeness (QED) is 0.734. The van der Waals surface area contributed by atoms with Gasteiger partial charge < -0.3 is 4.90 Å². The van der Waals surface area contributed by atoms with E-state index in [1.165, 1.54) is 0 Å². The van der Waals surface area contributed by atoms with Crippen LogP contribution in [0.25, 0.3) is 0 Å². The Morgan fingerprint density at radius 2 is 1.89 bits per heavy atom. The zero-order chi connectivity index (χ0) is 14.4. The van der Waals surface area contributed by atoms with Gasteiger partial charge in [0.1, 0.15) is 0 Å². The van der Waals surface area contributed by atoms with E-state index < -0.39 is 0 Å². The Morgan fingerprint density at radius 3 is 2.32 bits per heavy atom. The zero-order valence-electron chi connectivity index (χ0n) is 12.7. The van der Waals surface area contributed by atoms with Crippen molar-refractivity contribution in [3.63, 3.8) is 0 Å². The molecule has 19 heavy (non-hydrogen) atoms. The Kier molecular flexibility index (Phi) is 3.36. The highest BCUT2D eigenvalue weighted by Gasteiger charge is 2.64. The lowest BCUT2D eigenvalue weighted by atomic mass is 9.70. The lowest BCUT2D eigenvalue weighted by molar-refractivity contribution is -0.127. The van der Waals surface area contributed by atoms with Gasteiger partial charge in [-0.25, -0.2) is 0 Å². The zero-order valence-corrected chi connectivity index (χ0v) is 12.7. The molecule has 2 atom stereocenters. The smallest absolute Gasteiger partial charge is 0.246 e. The lowest BCUT2D eigenvalue weighted by Gasteiger charge is -2.31. The summed E-state index contributed by atoms with van der Waals surface area (Å²) in [6.45, 7) is 11.7. The Bertz CT molecular complexity index is 446. The number of allylic oxidation sites excluding steroid dienone is 1. The van der Waals surface area contributed by atoms with Gasteiger partial charge in [0.2, 0.25) is 5.91 Å². The number of rotatable bonds is 3. The van der Waals surface area contributed by atoms with Gasteiger partial charge in [-0.1, -0.05) is 20.8 Å². The van der Waals surface area contributed by atoms with E-state index in [-0.39, 0.29) is 28.4 Å². The van der Waals surface area contributed by atoms with E-state index in [4.69, 9.17) is 0 Å². The van der Waals surface area contributed by atoms with Crippen LogP contribution in [-0.2, 0) is 9.59 Å². The number of fused-ring (bicyclic) bond motifs is 2. The predicted octanol–water partition coefficient (Wildman–Crippen LogP) is 2.81. The first-order valence-corrected chi connectivity index (χ1v) is 7.35. The maximum atomic E-state index is 12.6. The number of nitrogens with zero attached hydrogens (tertiary/aromatic N) is 1. The van der Waals surface area contributed by atoms with E-state index in [2.05, 4.69) is 20.8 Å². The first-order chi connectivity index (χ1) is 8.79. The highest BCUT2D eigenvalue weighted by atomic mass is 16.2. The summed E-state index contributed by atoms with van der Waals surface area (Å²) >= 11 is 0. The molecule has 3 heteroatoms. The molecule has 0 aromatic rings. The second-order valence-corrected chi connectivity index (χ2v) is 6.58. The molecule has 106 valence electrons. The molecule has 0 unspecified atom stereocenters. The van der Waals surface area contributed by atoms with Crippen molar-refractivity contribution in [2.45, 2.75) is 47.5 Å². The van der Waals surface area contributed by atoms with Crippen LogP contribution in [-0.4, -0.2) is 29.7 Å². The summed E-state index contributed by atoms with van der Waals surface area (Å²) in [6.07, 6.45) is 3.61. The van der Waals surface area contributed by atoms with E-state index in [9.17, 15) is 9.59 Å². The number of amides is 1. The highest BCUT2D eigenvalue weighted by molar-refractivity contribution is 6.08. The third-order valence-electron chi connectivity index (χ3n) is 5.72. The van der Waals surface area contributed by atoms with Crippen molar-refractivity contribution in [2.24, 2.45) is 16.7 Å². The SMILES string of the molecule is CCN(CC)C(=O)/C=C1/C(=O)[C@]2(C)CC[C@@H]1C2(C)C. The van der Waals surface area contributed by atoms with Gasteiger partial charge in [-0.05, 0) is 38.0 Å². The van der Waals surface area contributed by atoms with Gasteiger partial charge in [0, 0.05) is 30.2 Å². The molecule has 3 nitrogen and oxygen atoms in total. The molecule has 0 saturated heterocycles. The van der Waals surface area contributed by atoms with E-state index in [0.717, 1.165) is 18.4 Å².